The first kappa shape index (κ1) is 7.31. The molecular formula is C9H11N3. The van der Waals surface area contributed by atoms with Gasteiger partial charge in [0.05, 0.1) is 17.4 Å². The summed E-state index contributed by atoms with van der Waals surface area (Å²) in [5.74, 6) is 0. The van der Waals surface area contributed by atoms with Gasteiger partial charge in [0.15, 0.2) is 0 Å². The van der Waals surface area contributed by atoms with Crippen molar-refractivity contribution < 1.29 is 0 Å². The summed E-state index contributed by atoms with van der Waals surface area (Å²) in [6.45, 7) is 2.62. The quantitative estimate of drug-likeness (QED) is 0.663. The predicted octanol–water partition coefficient (Wildman–Crippen LogP) is 1.33. The number of rotatable bonds is 1. The summed E-state index contributed by atoms with van der Waals surface area (Å²) < 4.78 is 0. The Morgan fingerprint density at radius 2 is 2.33 bits per heavy atom. The largest absolute Gasteiger partial charge is 0.345 e. The van der Waals surface area contributed by atoms with Crippen molar-refractivity contribution in [2.75, 3.05) is 0 Å². The molecule has 0 unspecified atom stereocenters. The van der Waals surface area contributed by atoms with Crippen LogP contribution in [0.25, 0.3) is 11.0 Å². The molecule has 0 saturated carbocycles. The summed E-state index contributed by atoms with van der Waals surface area (Å²) in [6.07, 6.45) is 1.71. The molecule has 62 valence electrons. The Hall–Kier alpha value is -1.35. The molecule has 0 fully saturated rings. The molecule has 0 saturated heterocycles. The minimum atomic E-state index is 0.579. The Kier molecular flexibility index (Phi) is 1.59. The van der Waals surface area contributed by atoms with E-state index in [9.17, 15) is 0 Å². The molecule has 0 aliphatic rings. The van der Waals surface area contributed by atoms with Crippen LogP contribution in [0.1, 0.15) is 11.1 Å². The van der Waals surface area contributed by atoms with Crippen molar-refractivity contribution in [1.82, 2.24) is 9.97 Å². The monoisotopic (exact) mass is 161 g/mol. The Bertz CT molecular complexity index is 403. The molecule has 1 aromatic heterocycles. The van der Waals surface area contributed by atoms with Crippen LogP contribution in [-0.2, 0) is 6.54 Å². The zero-order chi connectivity index (χ0) is 8.55. The molecule has 3 heteroatoms. The molecule has 0 amide bonds. The second kappa shape index (κ2) is 2.60. The molecule has 0 radical (unpaired) electrons. The van der Waals surface area contributed by atoms with Gasteiger partial charge < -0.3 is 10.7 Å². The molecular weight excluding hydrogens is 150 g/mol. The van der Waals surface area contributed by atoms with Crippen LogP contribution in [0.4, 0.5) is 0 Å². The van der Waals surface area contributed by atoms with E-state index in [0.29, 0.717) is 6.54 Å². The molecule has 0 aliphatic carbocycles. The van der Waals surface area contributed by atoms with Gasteiger partial charge in [-0.05, 0) is 24.1 Å². The lowest BCUT2D eigenvalue weighted by Crippen LogP contribution is -1.96. The molecule has 1 heterocycles. The molecule has 0 bridgehead atoms. The van der Waals surface area contributed by atoms with Crippen molar-refractivity contribution in [3.05, 3.63) is 29.6 Å². The zero-order valence-corrected chi connectivity index (χ0v) is 6.96. The van der Waals surface area contributed by atoms with Gasteiger partial charge in [-0.2, -0.15) is 0 Å². The number of aromatic amines is 1. The van der Waals surface area contributed by atoms with E-state index in [1.54, 1.807) is 6.33 Å². The van der Waals surface area contributed by atoms with E-state index in [-0.39, 0.29) is 0 Å². The first-order valence-corrected chi connectivity index (χ1v) is 3.94. The van der Waals surface area contributed by atoms with Crippen molar-refractivity contribution in [3.63, 3.8) is 0 Å². The third kappa shape index (κ3) is 0.987. The molecule has 0 aliphatic heterocycles. The topological polar surface area (TPSA) is 54.7 Å². The molecule has 12 heavy (non-hydrogen) atoms. The van der Waals surface area contributed by atoms with Crippen LogP contribution in [-0.4, -0.2) is 9.97 Å². The van der Waals surface area contributed by atoms with Gasteiger partial charge in [-0.3, -0.25) is 0 Å². The summed E-state index contributed by atoms with van der Waals surface area (Å²) in [6, 6.07) is 4.11. The number of nitrogens with zero attached hydrogens (tertiary/aromatic N) is 1. The zero-order valence-electron chi connectivity index (χ0n) is 6.96. The highest BCUT2D eigenvalue weighted by atomic mass is 14.9. The van der Waals surface area contributed by atoms with Crippen LogP contribution in [0.15, 0.2) is 18.5 Å². The first-order valence-electron chi connectivity index (χ1n) is 3.94. The molecule has 1 aromatic carbocycles. The van der Waals surface area contributed by atoms with Gasteiger partial charge >= 0.3 is 0 Å². The van der Waals surface area contributed by atoms with Crippen molar-refractivity contribution in [1.29, 1.82) is 0 Å². The number of nitrogens with two attached hydrogens (primary N) is 1. The van der Waals surface area contributed by atoms with Crippen LogP contribution in [0, 0.1) is 6.92 Å². The summed E-state index contributed by atoms with van der Waals surface area (Å²) in [4.78, 5) is 7.27. The van der Waals surface area contributed by atoms with Crippen molar-refractivity contribution in [2.24, 2.45) is 5.73 Å². The average molecular weight is 161 g/mol. The lowest BCUT2D eigenvalue weighted by Gasteiger charge is -1.99. The smallest absolute Gasteiger partial charge is 0.0931 e. The fraction of sp³-hybridized carbons (Fsp3) is 0.222. The predicted molar refractivity (Wildman–Crippen MR) is 48.7 cm³/mol. The van der Waals surface area contributed by atoms with E-state index in [1.807, 2.05) is 13.0 Å². The lowest BCUT2D eigenvalue weighted by atomic mass is 10.1. The van der Waals surface area contributed by atoms with Crippen molar-refractivity contribution in [3.8, 4) is 0 Å². The Balaban J connectivity index is 2.75. The van der Waals surface area contributed by atoms with Crippen LogP contribution in [0.2, 0.25) is 0 Å². The standard InChI is InChI=1S/C9H11N3/c1-6-2-7(4-10)3-8-9(6)12-5-11-8/h2-3,5H,4,10H2,1H3,(H,11,12). The second-order valence-electron chi connectivity index (χ2n) is 2.92. The minimum absolute atomic E-state index is 0.579. The van der Waals surface area contributed by atoms with Crippen LogP contribution >= 0.6 is 0 Å². The van der Waals surface area contributed by atoms with Gasteiger partial charge in [0.25, 0.3) is 0 Å². The normalized spacial score (nSPS) is 10.8. The number of nitrogens with one attached hydrogen (secondary N) is 1. The molecule has 2 aromatic rings. The maximum atomic E-state index is 5.54. The average Bonchev–Trinajstić information content (AvgIpc) is 2.52. The molecule has 3 nitrogen and oxygen atoms in total. The van der Waals surface area contributed by atoms with Gasteiger partial charge in [0.2, 0.25) is 0 Å². The Labute approximate surface area is 70.6 Å². The minimum Gasteiger partial charge on any atom is -0.345 e. The third-order valence-corrected chi connectivity index (χ3v) is 2.01. The molecule has 0 atom stereocenters. The number of H-pyrrole nitrogens is 1. The molecule has 0 spiro atoms. The van der Waals surface area contributed by atoms with Crippen LogP contribution in [0.5, 0.6) is 0 Å². The van der Waals surface area contributed by atoms with Gasteiger partial charge in [-0.1, -0.05) is 6.07 Å². The number of hydrogen-bond donors (Lipinski definition) is 2. The molecule has 2 rings (SSSR count). The lowest BCUT2D eigenvalue weighted by molar-refractivity contribution is 1.07. The van der Waals surface area contributed by atoms with Crippen molar-refractivity contribution in [2.45, 2.75) is 13.5 Å². The van der Waals surface area contributed by atoms with Crippen molar-refractivity contribution >= 4 is 11.0 Å². The van der Waals surface area contributed by atoms with Gasteiger partial charge in [0, 0.05) is 6.54 Å². The van der Waals surface area contributed by atoms with E-state index >= 15 is 0 Å². The second-order valence-corrected chi connectivity index (χ2v) is 2.92. The molecule has 3 N–H and O–H groups in total. The number of aromatic nitrogens is 2. The van der Waals surface area contributed by atoms with Crippen LogP contribution < -0.4 is 5.73 Å². The SMILES string of the molecule is Cc1cc(CN)cc2[nH]cnc12. The highest BCUT2D eigenvalue weighted by Gasteiger charge is 2.00. The highest BCUT2D eigenvalue weighted by Crippen LogP contribution is 2.16. The fourth-order valence-electron chi connectivity index (χ4n) is 1.42. The summed E-state index contributed by atoms with van der Waals surface area (Å²) in [5.41, 5.74) is 9.96. The van der Waals surface area contributed by atoms with E-state index < -0.39 is 0 Å². The first-order chi connectivity index (χ1) is 5.81. The number of imidazole rings is 1. The Morgan fingerprint density at radius 1 is 1.50 bits per heavy atom. The Morgan fingerprint density at radius 3 is 3.08 bits per heavy atom. The maximum absolute atomic E-state index is 5.54. The summed E-state index contributed by atoms with van der Waals surface area (Å²) in [5, 5.41) is 0. The highest BCUT2D eigenvalue weighted by molar-refractivity contribution is 5.78. The number of fused-ring (bicyclic) bond motifs is 1. The van der Waals surface area contributed by atoms with E-state index in [4.69, 9.17) is 5.73 Å². The number of aryl methyl sites for hydroxylation is 1. The maximum Gasteiger partial charge on any atom is 0.0931 e. The fourth-order valence-corrected chi connectivity index (χ4v) is 1.42. The van der Waals surface area contributed by atoms with Crippen LogP contribution in [0.3, 0.4) is 0 Å². The third-order valence-electron chi connectivity index (χ3n) is 2.01. The van der Waals surface area contributed by atoms with Gasteiger partial charge in [-0.25, -0.2) is 4.98 Å². The van der Waals surface area contributed by atoms with Gasteiger partial charge in [-0.15, -0.1) is 0 Å². The number of benzene rings is 1. The van der Waals surface area contributed by atoms with E-state index in [2.05, 4.69) is 16.0 Å². The summed E-state index contributed by atoms with van der Waals surface area (Å²) >= 11 is 0. The number of hydrogen-bond acceptors (Lipinski definition) is 2. The summed E-state index contributed by atoms with van der Waals surface area (Å²) in [7, 11) is 0. The van der Waals surface area contributed by atoms with Gasteiger partial charge in [0.1, 0.15) is 0 Å². The van der Waals surface area contributed by atoms with E-state index in [0.717, 1.165) is 16.6 Å². The van der Waals surface area contributed by atoms with E-state index in [1.165, 1.54) is 5.56 Å².